The largest absolute Gasteiger partial charge is 0.266 e. The van der Waals surface area contributed by atoms with Gasteiger partial charge in [-0.3, -0.25) is 0 Å². The molecular weight excluding hydrogens is 250 g/mol. The topological polar surface area (TPSA) is 0 Å². The number of benzene rings is 1. The van der Waals surface area contributed by atoms with Crippen LogP contribution in [-0.2, 0) is 0 Å². The summed E-state index contributed by atoms with van der Waals surface area (Å²) >= 11 is 19.3. The molecule has 0 N–H and O–H groups in total. The van der Waals surface area contributed by atoms with Crippen molar-refractivity contribution in [1.29, 1.82) is 0 Å². The van der Waals surface area contributed by atoms with Gasteiger partial charge in [0.15, 0.2) is 0 Å². The van der Waals surface area contributed by atoms with Gasteiger partial charge in [0.05, 0.1) is 0 Å². The zero-order valence-corrected chi connectivity index (χ0v) is 9.71. The third-order valence-electron chi connectivity index (χ3n) is 1.04. The van der Waals surface area contributed by atoms with Crippen molar-refractivity contribution in [3.8, 4) is 0 Å². The van der Waals surface area contributed by atoms with Gasteiger partial charge in [-0.15, -0.1) is 0 Å². The highest BCUT2D eigenvalue weighted by Crippen LogP contribution is 2.29. The SMILES string of the molecule is C=Cc1ccccc1.ClC(Cl)(Cl)Cl. The Morgan fingerprint density at radius 2 is 1.38 bits per heavy atom. The third kappa shape index (κ3) is 12.1. The molecule has 0 saturated carbocycles. The number of halogens is 4. The van der Waals surface area contributed by atoms with Crippen molar-refractivity contribution in [3.05, 3.63) is 42.5 Å². The molecule has 0 atom stereocenters. The van der Waals surface area contributed by atoms with Gasteiger partial charge in [0.2, 0.25) is 0 Å². The Hall–Kier alpha value is 0.120. The number of hydrogen-bond acceptors (Lipinski definition) is 0. The minimum atomic E-state index is -1.61. The second-order valence-electron chi connectivity index (χ2n) is 2.04. The molecular formula is C9H8Cl4. The van der Waals surface area contributed by atoms with Crippen LogP contribution >= 0.6 is 46.4 Å². The van der Waals surface area contributed by atoms with Crippen molar-refractivity contribution in [2.45, 2.75) is 3.25 Å². The standard InChI is InChI=1S/C8H8.CCl4/c1-2-8-6-4-3-5-7-8;2-1(3,4)5/h2-7H,1H2;. The summed E-state index contributed by atoms with van der Waals surface area (Å²) in [7, 11) is 0. The summed E-state index contributed by atoms with van der Waals surface area (Å²) in [5.41, 5.74) is 1.17. The molecule has 0 aromatic heterocycles. The van der Waals surface area contributed by atoms with Crippen molar-refractivity contribution >= 4 is 52.5 Å². The summed E-state index contributed by atoms with van der Waals surface area (Å²) in [5, 5.41) is 0. The molecule has 0 amide bonds. The molecule has 0 fully saturated rings. The molecule has 0 saturated heterocycles. The summed E-state index contributed by atoms with van der Waals surface area (Å²) in [4.78, 5) is 0. The molecule has 72 valence electrons. The molecule has 0 bridgehead atoms. The molecule has 0 heterocycles. The van der Waals surface area contributed by atoms with Gasteiger partial charge in [-0.05, 0) is 5.56 Å². The summed E-state index contributed by atoms with van der Waals surface area (Å²) in [6, 6.07) is 10.0. The second kappa shape index (κ2) is 6.56. The average molecular weight is 258 g/mol. The van der Waals surface area contributed by atoms with Gasteiger partial charge in [0.25, 0.3) is 3.25 Å². The molecule has 0 aliphatic carbocycles. The van der Waals surface area contributed by atoms with E-state index in [2.05, 4.69) is 6.58 Å². The van der Waals surface area contributed by atoms with Gasteiger partial charge >= 0.3 is 0 Å². The lowest BCUT2D eigenvalue weighted by atomic mass is 10.2. The number of alkyl halides is 4. The minimum absolute atomic E-state index is 1.17. The summed E-state index contributed by atoms with van der Waals surface area (Å²) in [5.74, 6) is 0. The maximum Gasteiger partial charge on any atom is 0.266 e. The molecule has 0 spiro atoms. The van der Waals surface area contributed by atoms with E-state index in [1.807, 2.05) is 36.4 Å². The fourth-order valence-corrected chi connectivity index (χ4v) is 0.589. The first-order valence-electron chi connectivity index (χ1n) is 3.36. The van der Waals surface area contributed by atoms with Crippen LogP contribution in [0.2, 0.25) is 0 Å². The highest BCUT2D eigenvalue weighted by Gasteiger charge is 2.11. The number of rotatable bonds is 1. The maximum absolute atomic E-state index is 4.83. The Morgan fingerprint density at radius 1 is 1.00 bits per heavy atom. The molecule has 0 unspecified atom stereocenters. The van der Waals surface area contributed by atoms with Crippen molar-refractivity contribution < 1.29 is 0 Å². The summed E-state index contributed by atoms with van der Waals surface area (Å²) in [6.45, 7) is 3.63. The first-order valence-corrected chi connectivity index (χ1v) is 4.88. The Labute approximate surface area is 98.1 Å². The van der Waals surface area contributed by atoms with Crippen LogP contribution in [0.25, 0.3) is 6.08 Å². The maximum atomic E-state index is 4.83. The van der Waals surface area contributed by atoms with Crippen molar-refractivity contribution in [3.63, 3.8) is 0 Å². The Morgan fingerprint density at radius 3 is 1.62 bits per heavy atom. The molecule has 0 nitrogen and oxygen atoms in total. The molecule has 0 radical (unpaired) electrons. The van der Waals surface area contributed by atoms with Crippen molar-refractivity contribution in [2.75, 3.05) is 0 Å². The monoisotopic (exact) mass is 256 g/mol. The van der Waals surface area contributed by atoms with Gasteiger partial charge in [-0.2, -0.15) is 0 Å². The second-order valence-corrected chi connectivity index (χ2v) is 5.47. The summed E-state index contributed by atoms with van der Waals surface area (Å²) < 4.78 is -1.61. The van der Waals surface area contributed by atoms with Gasteiger partial charge < -0.3 is 0 Å². The van der Waals surface area contributed by atoms with Crippen molar-refractivity contribution in [2.24, 2.45) is 0 Å². The molecule has 13 heavy (non-hydrogen) atoms. The first-order chi connectivity index (χ1) is 5.93. The molecule has 0 aliphatic rings. The van der Waals surface area contributed by atoms with Crippen LogP contribution < -0.4 is 0 Å². The van der Waals surface area contributed by atoms with E-state index in [9.17, 15) is 0 Å². The van der Waals surface area contributed by atoms with Crippen LogP contribution in [0.3, 0.4) is 0 Å². The van der Waals surface area contributed by atoms with E-state index in [-0.39, 0.29) is 0 Å². The van der Waals surface area contributed by atoms with E-state index >= 15 is 0 Å². The third-order valence-corrected chi connectivity index (χ3v) is 1.04. The molecule has 1 aromatic carbocycles. The van der Waals surface area contributed by atoms with E-state index < -0.39 is 3.25 Å². The van der Waals surface area contributed by atoms with E-state index in [0.717, 1.165) is 0 Å². The molecule has 1 aromatic rings. The lowest BCUT2D eigenvalue weighted by molar-refractivity contribution is 1.67. The quantitative estimate of drug-likeness (QED) is 0.629. The van der Waals surface area contributed by atoms with E-state index in [1.165, 1.54) is 5.56 Å². The zero-order chi connectivity index (χ0) is 10.3. The van der Waals surface area contributed by atoms with Crippen LogP contribution in [0.4, 0.5) is 0 Å². The molecule has 1 rings (SSSR count). The predicted octanol–water partition coefficient (Wildman–Crippen LogP) is 4.88. The lowest BCUT2D eigenvalue weighted by Crippen LogP contribution is -1.81. The summed E-state index contributed by atoms with van der Waals surface area (Å²) in [6.07, 6.45) is 1.83. The Balaban J connectivity index is 0.000000252. The van der Waals surface area contributed by atoms with E-state index in [4.69, 9.17) is 46.4 Å². The number of hydrogen-bond donors (Lipinski definition) is 0. The van der Waals surface area contributed by atoms with Gasteiger partial charge in [-0.25, -0.2) is 0 Å². The van der Waals surface area contributed by atoms with Crippen LogP contribution in [0.15, 0.2) is 36.9 Å². The van der Waals surface area contributed by atoms with Gasteiger partial charge in [-0.1, -0.05) is 89.4 Å². The van der Waals surface area contributed by atoms with Crippen LogP contribution in [0.5, 0.6) is 0 Å². The average Bonchev–Trinajstić information content (AvgIpc) is 2.03. The van der Waals surface area contributed by atoms with Crippen molar-refractivity contribution in [1.82, 2.24) is 0 Å². The molecule has 0 aliphatic heterocycles. The van der Waals surface area contributed by atoms with E-state index in [0.29, 0.717) is 0 Å². The predicted molar refractivity (Wildman–Crippen MR) is 62.7 cm³/mol. The molecule has 4 heteroatoms. The smallest absolute Gasteiger partial charge is 0.0985 e. The lowest BCUT2D eigenvalue weighted by Gasteiger charge is -1.91. The van der Waals surface area contributed by atoms with Crippen LogP contribution in [-0.4, -0.2) is 3.25 Å². The normalized spacial score (nSPS) is 9.85. The van der Waals surface area contributed by atoms with Crippen LogP contribution in [0, 0.1) is 0 Å². The fraction of sp³-hybridized carbons (Fsp3) is 0.111. The minimum Gasteiger partial charge on any atom is -0.0985 e. The highest BCUT2D eigenvalue weighted by molar-refractivity contribution is 6.83. The highest BCUT2D eigenvalue weighted by atomic mass is 35.6. The Kier molecular flexibility index (Phi) is 6.62. The first kappa shape index (κ1) is 13.1. The zero-order valence-electron chi connectivity index (χ0n) is 6.68. The fourth-order valence-electron chi connectivity index (χ4n) is 0.589. The van der Waals surface area contributed by atoms with Gasteiger partial charge in [0.1, 0.15) is 0 Å². The Bertz CT molecular complexity index is 232. The van der Waals surface area contributed by atoms with Crippen LogP contribution in [0.1, 0.15) is 5.56 Å². The van der Waals surface area contributed by atoms with Gasteiger partial charge in [0, 0.05) is 0 Å². The van der Waals surface area contributed by atoms with E-state index in [1.54, 1.807) is 0 Å².